The molecule has 0 amide bonds. The quantitative estimate of drug-likeness (QED) is 0.882. The van der Waals surface area contributed by atoms with Crippen molar-refractivity contribution in [1.82, 2.24) is 4.98 Å². The van der Waals surface area contributed by atoms with Gasteiger partial charge in [0.15, 0.2) is 0 Å². The maximum absolute atomic E-state index is 6.22. The van der Waals surface area contributed by atoms with Gasteiger partial charge in [0.25, 0.3) is 0 Å². The Morgan fingerprint density at radius 2 is 2.35 bits per heavy atom. The maximum Gasteiger partial charge on any atom is 0.114 e. The third kappa shape index (κ3) is 1.83. The molecule has 0 bridgehead atoms. The number of rotatable bonds is 2. The van der Waals surface area contributed by atoms with Crippen LogP contribution in [0.25, 0.3) is 0 Å². The van der Waals surface area contributed by atoms with Gasteiger partial charge in [0.2, 0.25) is 0 Å². The van der Waals surface area contributed by atoms with Crippen molar-refractivity contribution in [3.8, 4) is 0 Å². The molecule has 3 rings (SSSR count). The molecule has 0 aliphatic carbocycles. The lowest BCUT2D eigenvalue weighted by Crippen LogP contribution is -2.13. The standard InChI is InChI=1S/C13H15N3S/c1-16-6-4-9-8-10(2-3-11(9)16)12(14)13-15-5-7-17-13/h2-3,5,7-8,12H,4,6,14H2,1H3. The first-order valence-corrected chi connectivity index (χ1v) is 6.62. The van der Waals surface area contributed by atoms with Gasteiger partial charge in [-0.3, -0.25) is 0 Å². The fraction of sp³-hybridized carbons (Fsp3) is 0.308. The van der Waals surface area contributed by atoms with E-state index < -0.39 is 0 Å². The topological polar surface area (TPSA) is 42.1 Å². The second-order valence-corrected chi connectivity index (χ2v) is 5.33. The number of likely N-dealkylation sites (N-methyl/N-ethyl adjacent to an activating group) is 1. The molecular weight excluding hydrogens is 230 g/mol. The molecule has 0 saturated carbocycles. The van der Waals surface area contributed by atoms with Crippen LogP contribution >= 0.6 is 11.3 Å². The summed E-state index contributed by atoms with van der Waals surface area (Å²) in [5.74, 6) is 0. The summed E-state index contributed by atoms with van der Waals surface area (Å²) >= 11 is 1.61. The highest BCUT2D eigenvalue weighted by atomic mass is 32.1. The maximum atomic E-state index is 6.22. The molecule has 1 unspecified atom stereocenters. The van der Waals surface area contributed by atoms with Gasteiger partial charge >= 0.3 is 0 Å². The van der Waals surface area contributed by atoms with Gasteiger partial charge in [0.1, 0.15) is 5.01 Å². The van der Waals surface area contributed by atoms with Gasteiger partial charge in [-0.1, -0.05) is 12.1 Å². The number of anilines is 1. The minimum atomic E-state index is -0.0915. The van der Waals surface area contributed by atoms with Gasteiger partial charge < -0.3 is 10.6 Å². The van der Waals surface area contributed by atoms with Gasteiger partial charge in [-0.15, -0.1) is 11.3 Å². The molecule has 88 valence electrons. The number of nitrogens with two attached hydrogens (primary N) is 1. The largest absolute Gasteiger partial charge is 0.374 e. The molecular formula is C13H15N3S. The van der Waals surface area contributed by atoms with Crippen LogP contribution in [0.15, 0.2) is 29.8 Å². The number of hydrogen-bond acceptors (Lipinski definition) is 4. The minimum absolute atomic E-state index is 0.0915. The van der Waals surface area contributed by atoms with E-state index in [-0.39, 0.29) is 6.04 Å². The van der Waals surface area contributed by atoms with E-state index in [9.17, 15) is 0 Å². The molecule has 0 fully saturated rings. The monoisotopic (exact) mass is 245 g/mol. The Bertz CT molecular complexity index is 521. The zero-order chi connectivity index (χ0) is 11.8. The van der Waals surface area contributed by atoms with E-state index in [0.717, 1.165) is 23.5 Å². The van der Waals surface area contributed by atoms with E-state index >= 15 is 0 Å². The number of nitrogens with zero attached hydrogens (tertiary/aromatic N) is 2. The summed E-state index contributed by atoms with van der Waals surface area (Å²) in [7, 11) is 2.13. The molecule has 4 heteroatoms. The van der Waals surface area contributed by atoms with E-state index in [0.29, 0.717) is 0 Å². The van der Waals surface area contributed by atoms with Crippen LogP contribution in [0.4, 0.5) is 5.69 Å². The molecule has 1 aliphatic heterocycles. The van der Waals surface area contributed by atoms with Crippen molar-refractivity contribution >= 4 is 17.0 Å². The van der Waals surface area contributed by atoms with Crippen molar-refractivity contribution in [2.45, 2.75) is 12.5 Å². The Balaban J connectivity index is 1.95. The Morgan fingerprint density at radius 3 is 3.12 bits per heavy atom. The molecule has 0 radical (unpaired) electrons. The number of benzene rings is 1. The van der Waals surface area contributed by atoms with Crippen LogP contribution < -0.4 is 10.6 Å². The predicted octanol–water partition coefficient (Wildman–Crippen LogP) is 2.18. The number of hydrogen-bond donors (Lipinski definition) is 1. The molecule has 3 nitrogen and oxygen atoms in total. The molecule has 17 heavy (non-hydrogen) atoms. The van der Waals surface area contributed by atoms with E-state index in [2.05, 4.69) is 35.1 Å². The SMILES string of the molecule is CN1CCc2cc(C(N)c3nccs3)ccc21. The summed E-state index contributed by atoms with van der Waals surface area (Å²) in [6, 6.07) is 6.43. The van der Waals surface area contributed by atoms with Gasteiger partial charge in [-0.05, 0) is 23.6 Å². The second kappa shape index (κ2) is 4.13. The third-order valence-corrected chi connectivity index (χ3v) is 4.17. The summed E-state index contributed by atoms with van der Waals surface area (Å²) in [5.41, 5.74) is 10.1. The van der Waals surface area contributed by atoms with Crippen LogP contribution in [0, 0.1) is 0 Å². The molecule has 2 N–H and O–H groups in total. The Kier molecular flexibility index (Phi) is 2.61. The first-order valence-electron chi connectivity index (χ1n) is 5.74. The van der Waals surface area contributed by atoms with E-state index in [1.165, 1.54) is 11.3 Å². The van der Waals surface area contributed by atoms with E-state index in [4.69, 9.17) is 5.73 Å². The van der Waals surface area contributed by atoms with Crippen molar-refractivity contribution in [3.05, 3.63) is 45.9 Å². The zero-order valence-electron chi connectivity index (χ0n) is 9.76. The van der Waals surface area contributed by atoms with Crippen LogP contribution in [0.1, 0.15) is 22.2 Å². The first-order chi connectivity index (χ1) is 8.25. The summed E-state index contributed by atoms with van der Waals surface area (Å²) in [6.45, 7) is 1.10. The minimum Gasteiger partial charge on any atom is -0.374 e. The summed E-state index contributed by atoms with van der Waals surface area (Å²) in [5, 5.41) is 2.95. The van der Waals surface area contributed by atoms with Crippen molar-refractivity contribution in [2.24, 2.45) is 5.73 Å². The van der Waals surface area contributed by atoms with Crippen molar-refractivity contribution < 1.29 is 0 Å². The summed E-state index contributed by atoms with van der Waals surface area (Å²) < 4.78 is 0. The van der Waals surface area contributed by atoms with Crippen LogP contribution in [0.3, 0.4) is 0 Å². The molecule has 1 aromatic carbocycles. The lowest BCUT2D eigenvalue weighted by Gasteiger charge is -2.14. The molecule has 1 aliphatic rings. The van der Waals surface area contributed by atoms with Crippen molar-refractivity contribution in [1.29, 1.82) is 0 Å². The normalized spacial score (nSPS) is 16.0. The zero-order valence-corrected chi connectivity index (χ0v) is 10.6. The highest BCUT2D eigenvalue weighted by molar-refractivity contribution is 7.09. The van der Waals surface area contributed by atoms with Gasteiger partial charge in [0, 0.05) is 30.9 Å². The average Bonchev–Trinajstić information content (AvgIpc) is 2.98. The first kappa shape index (κ1) is 10.7. The summed E-state index contributed by atoms with van der Waals surface area (Å²) in [6.07, 6.45) is 2.92. The Labute approximate surface area is 105 Å². The highest BCUT2D eigenvalue weighted by Gasteiger charge is 2.18. The number of fused-ring (bicyclic) bond motifs is 1. The molecule has 0 spiro atoms. The molecule has 0 saturated heterocycles. The lowest BCUT2D eigenvalue weighted by molar-refractivity contribution is 0.855. The van der Waals surface area contributed by atoms with Crippen molar-refractivity contribution in [3.63, 3.8) is 0 Å². The van der Waals surface area contributed by atoms with Gasteiger partial charge in [0.05, 0.1) is 6.04 Å². The summed E-state index contributed by atoms with van der Waals surface area (Å²) in [4.78, 5) is 6.57. The fourth-order valence-electron chi connectivity index (χ4n) is 2.31. The van der Waals surface area contributed by atoms with Gasteiger partial charge in [-0.2, -0.15) is 0 Å². The third-order valence-electron chi connectivity index (χ3n) is 3.31. The molecule has 2 heterocycles. The van der Waals surface area contributed by atoms with Crippen LogP contribution in [0.2, 0.25) is 0 Å². The predicted molar refractivity (Wildman–Crippen MR) is 71.6 cm³/mol. The smallest absolute Gasteiger partial charge is 0.114 e. The lowest BCUT2D eigenvalue weighted by atomic mass is 10.0. The number of aromatic nitrogens is 1. The van der Waals surface area contributed by atoms with Crippen molar-refractivity contribution in [2.75, 3.05) is 18.5 Å². The Hall–Kier alpha value is -1.39. The Morgan fingerprint density at radius 1 is 1.47 bits per heavy atom. The second-order valence-electron chi connectivity index (χ2n) is 4.41. The molecule has 1 atom stereocenters. The highest BCUT2D eigenvalue weighted by Crippen LogP contribution is 2.30. The van der Waals surface area contributed by atoms with Crippen LogP contribution in [-0.2, 0) is 6.42 Å². The van der Waals surface area contributed by atoms with E-state index in [1.54, 1.807) is 17.5 Å². The molecule has 1 aromatic heterocycles. The fourth-order valence-corrected chi connectivity index (χ4v) is 2.98. The van der Waals surface area contributed by atoms with Crippen LogP contribution in [0.5, 0.6) is 0 Å². The van der Waals surface area contributed by atoms with Crippen LogP contribution in [-0.4, -0.2) is 18.6 Å². The van der Waals surface area contributed by atoms with E-state index in [1.807, 2.05) is 5.38 Å². The average molecular weight is 245 g/mol. The molecule has 2 aromatic rings. The van der Waals surface area contributed by atoms with Gasteiger partial charge in [-0.25, -0.2) is 4.98 Å². The number of thiazole rings is 1.